The minimum absolute atomic E-state index is 0.447. The Labute approximate surface area is 133 Å². The molecular weight excluding hydrogens is 296 g/mol. The van der Waals surface area contributed by atoms with Crippen molar-refractivity contribution in [1.29, 1.82) is 0 Å². The van der Waals surface area contributed by atoms with Gasteiger partial charge in [0.2, 0.25) is 0 Å². The molecule has 6 nitrogen and oxygen atoms in total. The van der Waals surface area contributed by atoms with Crippen LogP contribution in [0.1, 0.15) is 36.4 Å². The molecule has 0 radical (unpaired) electrons. The molecule has 3 aromatic heterocycles. The molecule has 22 heavy (non-hydrogen) atoms. The standard InChI is InChI=1S/C15H20N6S/c1-3-13-18-14-5-4-11(9-21(14)19-13)16-8-12-10(2)17-15-20(12)6-7-22-15/h6-7,11,16H,3-5,8-9H2,1-2H3/t11-/m0/s1. The predicted octanol–water partition coefficient (Wildman–Crippen LogP) is 1.96. The molecule has 7 heteroatoms. The van der Waals surface area contributed by atoms with Gasteiger partial charge in [-0.3, -0.25) is 4.40 Å². The topological polar surface area (TPSA) is 60.0 Å². The van der Waals surface area contributed by atoms with E-state index in [1.54, 1.807) is 11.3 Å². The molecule has 1 N–H and O–H groups in total. The zero-order chi connectivity index (χ0) is 15.1. The van der Waals surface area contributed by atoms with E-state index in [1.165, 1.54) is 5.69 Å². The van der Waals surface area contributed by atoms with Crippen molar-refractivity contribution in [2.75, 3.05) is 0 Å². The van der Waals surface area contributed by atoms with Crippen molar-refractivity contribution in [3.63, 3.8) is 0 Å². The van der Waals surface area contributed by atoms with Gasteiger partial charge in [-0.15, -0.1) is 11.3 Å². The number of hydrogen-bond acceptors (Lipinski definition) is 5. The summed E-state index contributed by atoms with van der Waals surface area (Å²) in [6, 6.07) is 0.447. The highest BCUT2D eigenvalue weighted by Crippen LogP contribution is 2.18. The Hall–Kier alpha value is -1.73. The summed E-state index contributed by atoms with van der Waals surface area (Å²) in [5.41, 5.74) is 2.37. The molecule has 0 unspecified atom stereocenters. The van der Waals surface area contributed by atoms with Crippen molar-refractivity contribution < 1.29 is 0 Å². The number of fused-ring (bicyclic) bond motifs is 2. The Balaban J connectivity index is 1.46. The summed E-state index contributed by atoms with van der Waals surface area (Å²) in [7, 11) is 0. The first-order valence-electron chi connectivity index (χ1n) is 7.81. The molecule has 1 atom stereocenters. The van der Waals surface area contributed by atoms with Gasteiger partial charge in [-0.05, 0) is 13.3 Å². The fourth-order valence-electron chi connectivity index (χ4n) is 3.07. The second kappa shape index (κ2) is 5.48. The van der Waals surface area contributed by atoms with Gasteiger partial charge in [0.1, 0.15) is 5.82 Å². The minimum atomic E-state index is 0.447. The molecule has 0 bridgehead atoms. The maximum Gasteiger partial charge on any atom is 0.194 e. The molecule has 4 heterocycles. The van der Waals surface area contributed by atoms with E-state index in [0.717, 1.165) is 54.7 Å². The highest BCUT2D eigenvalue weighted by atomic mass is 32.1. The van der Waals surface area contributed by atoms with Gasteiger partial charge in [0, 0.05) is 37.0 Å². The van der Waals surface area contributed by atoms with Crippen molar-refractivity contribution in [3.05, 3.63) is 34.6 Å². The lowest BCUT2D eigenvalue weighted by atomic mass is 10.1. The Bertz CT molecular complexity index is 798. The van der Waals surface area contributed by atoms with E-state index < -0.39 is 0 Å². The van der Waals surface area contributed by atoms with Gasteiger partial charge in [-0.2, -0.15) is 5.10 Å². The van der Waals surface area contributed by atoms with E-state index in [0.29, 0.717) is 6.04 Å². The van der Waals surface area contributed by atoms with Crippen LogP contribution in [0.5, 0.6) is 0 Å². The number of thiazole rings is 1. The number of nitrogens with zero attached hydrogens (tertiary/aromatic N) is 5. The highest BCUT2D eigenvalue weighted by molar-refractivity contribution is 7.15. The molecule has 0 aromatic carbocycles. The smallest absolute Gasteiger partial charge is 0.194 e. The van der Waals surface area contributed by atoms with Crippen molar-refractivity contribution >= 4 is 16.3 Å². The Morgan fingerprint density at radius 3 is 3.18 bits per heavy atom. The van der Waals surface area contributed by atoms with Crippen LogP contribution in [0, 0.1) is 6.92 Å². The van der Waals surface area contributed by atoms with Crippen LogP contribution in [0.3, 0.4) is 0 Å². The quantitative estimate of drug-likeness (QED) is 0.799. The monoisotopic (exact) mass is 316 g/mol. The van der Waals surface area contributed by atoms with E-state index in [-0.39, 0.29) is 0 Å². The number of rotatable bonds is 4. The summed E-state index contributed by atoms with van der Waals surface area (Å²) in [6.45, 7) is 5.94. The molecule has 0 aliphatic carbocycles. The van der Waals surface area contributed by atoms with E-state index in [2.05, 4.69) is 54.9 Å². The van der Waals surface area contributed by atoms with E-state index in [1.807, 2.05) is 0 Å². The normalized spacial score (nSPS) is 18.0. The average molecular weight is 316 g/mol. The van der Waals surface area contributed by atoms with Crippen LogP contribution in [0.4, 0.5) is 0 Å². The third kappa shape index (κ3) is 2.34. The number of aromatic nitrogens is 5. The first-order chi connectivity index (χ1) is 10.7. The zero-order valence-corrected chi connectivity index (χ0v) is 13.7. The van der Waals surface area contributed by atoms with Gasteiger partial charge in [-0.25, -0.2) is 14.6 Å². The van der Waals surface area contributed by atoms with E-state index >= 15 is 0 Å². The maximum atomic E-state index is 4.60. The number of hydrogen-bond donors (Lipinski definition) is 1. The molecule has 116 valence electrons. The van der Waals surface area contributed by atoms with Gasteiger partial charge in [0.25, 0.3) is 0 Å². The maximum absolute atomic E-state index is 4.60. The molecule has 0 fully saturated rings. The van der Waals surface area contributed by atoms with Crippen LogP contribution in [0.15, 0.2) is 11.6 Å². The van der Waals surface area contributed by atoms with Gasteiger partial charge in [0.15, 0.2) is 10.8 Å². The fraction of sp³-hybridized carbons (Fsp3) is 0.533. The molecule has 0 saturated carbocycles. The SMILES string of the molecule is CCc1nc2n(n1)C[C@@H](NCc1c(C)nc3sccn13)CC2. The largest absolute Gasteiger partial charge is 0.307 e. The molecule has 0 saturated heterocycles. The van der Waals surface area contributed by atoms with Crippen molar-refractivity contribution in [2.45, 2.75) is 52.2 Å². The van der Waals surface area contributed by atoms with E-state index in [4.69, 9.17) is 0 Å². The number of nitrogens with one attached hydrogen (secondary N) is 1. The summed E-state index contributed by atoms with van der Waals surface area (Å²) in [6.07, 6.45) is 5.13. The number of aryl methyl sites for hydroxylation is 3. The average Bonchev–Trinajstić information content (AvgIpc) is 3.18. The Kier molecular flexibility index (Phi) is 3.46. The van der Waals surface area contributed by atoms with Crippen LogP contribution in [0.25, 0.3) is 4.96 Å². The van der Waals surface area contributed by atoms with Crippen LogP contribution in [-0.2, 0) is 25.9 Å². The first-order valence-corrected chi connectivity index (χ1v) is 8.69. The van der Waals surface area contributed by atoms with Crippen LogP contribution < -0.4 is 5.32 Å². The number of imidazole rings is 1. The molecule has 1 aliphatic heterocycles. The van der Waals surface area contributed by atoms with Gasteiger partial charge in [-0.1, -0.05) is 6.92 Å². The van der Waals surface area contributed by atoms with Crippen LogP contribution in [-0.4, -0.2) is 30.2 Å². The van der Waals surface area contributed by atoms with Gasteiger partial charge >= 0.3 is 0 Å². The minimum Gasteiger partial charge on any atom is -0.307 e. The summed E-state index contributed by atoms with van der Waals surface area (Å²) in [5, 5.41) is 10.3. The lowest BCUT2D eigenvalue weighted by Gasteiger charge is -2.23. The second-order valence-corrected chi connectivity index (χ2v) is 6.67. The second-order valence-electron chi connectivity index (χ2n) is 5.80. The Morgan fingerprint density at radius 2 is 2.32 bits per heavy atom. The van der Waals surface area contributed by atoms with Crippen molar-refractivity contribution in [3.8, 4) is 0 Å². The summed E-state index contributed by atoms with van der Waals surface area (Å²) in [4.78, 5) is 10.2. The van der Waals surface area contributed by atoms with Crippen LogP contribution in [0.2, 0.25) is 0 Å². The van der Waals surface area contributed by atoms with Crippen molar-refractivity contribution in [1.82, 2.24) is 29.5 Å². The summed E-state index contributed by atoms with van der Waals surface area (Å²) >= 11 is 1.68. The first kappa shape index (κ1) is 13.9. The highest BCUT2D eigenvalue weighted by Gasteiger charge is 2.21. The molecular formula is C15H20N6S. The lowest BCUT2D eigenvalue weighted by molar-refractivity contribution is 0.356. The lowest BCUT2D eigenvalue weighted by Crippen LogP contribution is -2.37. The Morgan fingerprint density at radius 1 is 1.41 bits per heavy atom. The molecule has 1 aliphatic rings. The summed E-state index contributed by atoms with van der Waals surface area (Å²) in [5.74, 6) is 2.10. The third-order valence-electron chi connectivity index (χ3n) is 4.34. The van der Waals surface area contributed by atoms with Crippen molar-refractivity contribution in [2.24, 2.45) is 0 Å². The third-order valence-corrected chi connectivity index (χ3v) is 5.09. The molecule has 3 aromatic rings. The van der Waals surface area contributed by atoms with Gasteiger partial charge in [0.05, 0.1) is 17.9 Å². The predicted molar refractivity (Wildman–Crippen MR) is 86.2 cm³/mol. The van der Waals surface area contributed by atoms with Crippen LogP contribution >= 0.6 is 11.3 Å². The zero-order valence-electron chi connectivity index (χ0n) is 12.9. The van der Waals surface area contributed by atoms with Gasteiger partial charge < -0.3 is 5.32 Å². The molecule has 0 amide bonds. The van der Waals surface area contributed by atoms with E-state index in [9.17, 15) is 0 Å². The summed E-state index contributed by atoms with van der Waals surface area (Å²) < 4.78 is 4.26. The molecule has 0 spiro atoms. The molecule has 4 rings (SSSR count). The fourth-order valence-corrected chi connectivity index (χ4v) is 3.85.